The van der Waals surface area contributed by atoms with Gasteiger partial charge in [0.15, 0.2) is 0 Å². The lowest BCUT2D eigenvalue weighted by atomic mass is 10.1. The van der Waals surface area contributed by atoms with Gasteiger partial charge in [0.1, 0.15) is 19.3 Å². The van der Waals surface area contributed by atoms with E-state index >= 15 is 0 Å². The summed E-state index contributed by atoms with van der Waals surface area (Å²) in [7, 11) is 1.32. The van der Waals surface area contributed by atoms with Crippen LogP contribution < -0.4 is 4.89 Å². The number of esters is 1. The van der Waals surface area contributed by atoms with Gasteiger partial charge < -0.3 is 27.9 Å². The van der Waals surface area contributed by atoms with Crippen molar-refractivity contribution in [3.8, 4) is 0 Å². The maximum absolute atomic E-state index is 12.8. The number of phosphoric ester groups is 1. The lowest BCUT2D eigenvalue weighted by Crippen LogP contribution is -2.37. The Morgan fingerprint density at radius 1 is 0.492 bits per heavy atom. The summed E-state index contributed by atoms with van der Waals surface area (Å²) < 4.78 is 34.7. The number of nitrogens with zero attached hydrogens (tertiary/aromatic N) is 1. The van der Waals surface area contributed by atoms with Gasteiger partial charge in [0.05, 0.1) is 34.4 Å². The minimum Gasteiger partial charge on any atom is -0.756 e. The molecule has 0 saturated heterocycles. The molecule has 374 valence electrons. The summed E-state index contributed by atoms with van der Waals surface area (Å²) in [6.45, 7) is 5.22. The molecular weight excluding hydrogens is 830 g/mol. The van der Waals surface area contributed by atoms with Crippen LogP contribution in [0.25, 0.3) is 0 Å². The molecule has 0 spiro atoms. The van der Waals surface area contributed by atoms with Gasteiger partial charge in [0, 0.05) is 13.0 Å². The van der Waals surface area contributed by atoms with Gasteiger partial charge in [0.25, 0.3) is 7.82 Å². The number of carbonyl (C=O) groups excluding carboxylic acids is 1. The number of phosphoric acid groups is 1. The summed E-state index contributed by atoms with van der Waals surface area (Å²) >= 11 is 0. The van der Waals surface area contributed by atoms with E-state index in [0.717, 1.165) is 103 Å². The molecule has 0 aromatic rings. The summed E-state index contributed by atoms with van der Waals surface area (Å²) in [6.07, 6.45) is 65.7. The first-order chi connectivity index (χ1) is 31.6. The molecule has 0 aromatic carbocycles. The summed E-state index contributed by atoms with van der Waals surface area (Å²) in [5.41, 5.74) is 0. The number of allylic oxidation sites excluding steroid dienone is 16. The van der Waals surface area contributed by atoms with Gasteiger partial charge >= 0.3 is 5.97 Å². The average Bonchev–Trinajstić information content (AvgIpc) is 3.27. The van der Waals surface area contributed by atoms with Crippen LogP contribution in [0, 0.1) is 0 Å². The van der Waals surface area contributed by atoms with Gasteiger partial charge in [-0.3, -0.25) is 9.36 Å². The van der Waals surface area contributed by atoms with E-state index in [-0.39, 0.29) is 32.2 Å². The largest absolute Gasteiger partial charge is 0.756 e. The number of hydrogen-bond donors (Lipinski definition) is 0. The third-order valence-corrected chi connectivity index (χ3v) is 11.6. The second kappa shape index (κ2) is 47.9. The van der Waals surface area contributed by atoms with Crippen LogP contribution in [-0.4, -0.2) is 70.7 Å². The molecule has 2 unspecified atom stereocenters. The second-order valence-electron chi connectivity index (χ2n) is 18.1. The monoisotopic (exact) mass is 928 g/mol. The average molecular weight is 928 g/mol. The molecule has 0 radical (unpaired) electrons. The van der Waals surface area contributed by atoms with Crippen LogP contribution >= 0.6 is 7.82 Å². The third-order valence-electron chi connectivity index (χ3n) is 10.6. The van der Waals surface area contributed by atoms with Crippen molar-refractivity contribution < 1.29 is 37.3 Å². The highest BCUT2D eigenvalue weighted by Gasteiger charge is 2.20. The van der Waals surface area contributed by atoms with Crippen LogP contribution in [0.4, 0.5) is 0 Å². The van der Waals surface area contributed by atoms with Gasteiger partial charge in [0.2, 0.25) is 0 Å². The smallest absolute Gasteiger partial charge is 0.306 e. The van der Waals surface area contributed by atoms with Gasteiger partial charge in [-0.25, -0.2) is 0 Å². The summed E-state index contributed by atoms with van der Waals surface area (Å²) in [6, 6.07) is 0. The van der Waals surface area contributed by atoms with Crippen LogP contribution in [0.15, 0.2) is 97.2 Å². The van der Waals surface area contributed by atoms with E-state index < -0.39 is 13.9 Å². The molecule has 0 N–H and O–H groups in total. The SMILES string of the molecule is CC/C=C\C/C=C\C/C=C\C/C=C\C/C=C\CCCCCCCCOCC(COP(=O)([O-])OCC[N+](C)(C)C)OC(=O)CCCCCCCC/C=C\C/C=C\C/C=C\CCCCCCC. The van der Waals surface area contributed by atoms with Crippen LogP contribution in [-0.2, 0) is 27.9 Å². The van der Waals surface area contributed by atoms with Crippen molar-refractivity contribution in [1.29, 1.82) is 0 Å². The second-order valence-corrected chi connectivity index (χ2v) is 19.6. The molecule has 0 rings (SSSR count). The minimum absolute atomic E-state index is 0.0144. The Morgan fingerprint density at radius 2 is 0.892 bits per heavy atom. The zero-order valence-electron chi connectivity index (χ0n) is 42.4. The molecule has 0 aliphatic heterocycles. The molecule has 0 fully saturated rings. The van der Waals surface area contributed by atoms with Crippen molar-refractivity contribution in [1.82, 2.24) is 0 Å². The molecular formula is C56H98NO7P. The van der Waals surface area contributed by atoms with E-state index in [0.29, 0.717) is 17.6 Å². The van der Waals surface area contributed by atoms with Crippen LogP contribution in [0.1, 0.15) is 194 Å². The molecule has 8 nitrogen and oxygen atoms in total. The van der Waals surface area contributed by atoms with Crippen LogP contribution in [0.3, 0.4) is 0 Å². The van der Waals surface area contributed by atoms with Crippen LogP contribution in [0.5, 0.6) is 0 Å². The molecule has 0 bridgehead atoms. The predicted octanol–water partition coefficient (Wildman–Crippen LogP) is 15.5. The van der Waals surface area contributed by atoms with Gasteiger partial charge in [-0.2, -0.15) is 0 Å². The maximum Gasteiger partial charge on any atom is 0.306 e. The standard InChI is InChI=1S/C56H98NO7P/c1-6-8-10-12-14-16-18-20-22-24-26-28-30-32-34-36-38-40-42-44-46-48-51-61-53-55(54-63-65(59,60)62-52-50-57(3,4)5)64-56(58)49-47-45-43-41-39-37-35-33-31-29-27-25-23-21-19-17-15-13-11-9-7-2/h8,10,14,16,19-22,25-28,31-34,55H,6-7,9,11-13,15,17-18,23-24,29-30,35-54H2,1-5H3/b10-8-,16-14-,21-19-,22-20-,27-25-,28-26-,33-31-,34-32-. The predicted molar refractivity (Wildman–Crippen MR) is 277 cm³/mol. The quantitative estimate of drug-likeness (QED) is 0.0197. The van der Waals surface area contributed by atoms with Crippen molar-refractivity contribution in [3.63, 3.8) is 0 Å². The molecule has 0 aromatic heterocycles. The first-order valence-corrected chi connectivity index (χ1v) is 27.4. The Labute approximate surface area is 400 Å². The first kappa shape index (κ1) is 62.4. The Hall–Kier alpha value is -2.58. The van der Waals surface area contributed by atoms with Crippen molar-refractivity contribution in [2.24, 2.45) is 0 Å². The Bertz CT molecular complexity index is 1360. The third kappa shape index (κ3) is 52.3. The number of hydrogen-bond acceptors (Lipinski definition) is 7. The zero-order chi connectivity index (χ0) is 47.6. The molecule has 65 heavy (non-hydrogen) atoms. The van der Waals surface area contributed by atoms with Crippen molar-refractivity contribution in [2.75, 3.05) is 54.1 Å². The van der Waals surface area contributed by atoms with E-state index in [1.165, 1.54) is 70.6 Å². The number of rotatable bonds is 47. The number of quaternary nitrogens is 1. The molecule has 0 amide bonds. The minimum atomic E-state index is -4.55. The fraction of sp³-hybridized carbons (Fsp3) is 0.696. The fourth-order valence-electron chi connectivity index (χ4n) is 6.64. The molecule has 0 aliphatic rings. The van der Waals surface area contributed by atoms with Crippen molar-refractivity contribution in [2.45, 2.75) is 200 Å². The van der Waals surface area contributed by atoms with E-state index in [4.69, 9.17) is 18.5 Å². The van der Waals surface area contributed by atoms with E-state index in [2.05, 4.69) is 111 Å². The summed E-state index contributed by atoms with van der Waals surface area (Å²) in [5.74, 6) is -0.355. The van der Waals surface area contributed by atoms with Crippen LogP contribution in [0.2, 0.25) is 0 Å². The number of ether oxygens (including phenoxy) is 2. The topological polar surface area (TPSA) is 94.1 Å². The van der Waals surface area contributed by atoms with Crippen molar-refractivity contribution in [3.05, 3.63) is 97.2 Å². The molecule has 0 heterocycles. The van der Waals surface area contributed by atoms with E-state index in [1.54, 1.807) is 0 Å². The highest BCUT2D eigenvalue weighted by Crippen LogP contribution is 2.38. The Morgan fingerprint density at radius 3 is 1.34 bits per heavy atom. The van der Waals surface area contributed by atoms with Crippen molar-refractivity contribution >= 4 is 13.8 Å². The number of likely N-dealkylation sites (N-methyl/N-ethyl adjacent to an activating group) is 1. The molecule has 9 heteroatoms. The normalized spacial score (nSPS) is 14.4. The van der Waals surface area contributed by atoms with Gasteiger partial charge in [-0.05, 0) is 96.3 Å². The molecule has 0 aliphatic carbocycles. The molecule has 0 saturated carbocycles. The highest BCUT2D eigenvalue weighted by molar-refractivity contribution is 7.45. The summed E-state index contributed by atoms with van der Waals surface area (Å²) in [5, 5.41) is 0. The van der Waals surface area contributed by atoms with E-state index in [9.17, 15) is 14.3 Å². The Kier molecular flexibility index (Phi) is 46.0. The lowest BCUT2D eigenvalue weighted by molar-refractivity contribution is -0.870. The fourth-order valence-corrected chi connectivity index (χ4v) is 7.37. The zero-order valence-corrected chi connectivity index (χ0v) is 43.3. The lowest BCUT2D eigenvalue weighted by Gasteiger charge is -2.28. The first-order valence-electron chi connectivity index (χ1n) is 26.0. The van der Waals surface area contributed by atoms with Gasteiger partial charge in [-0.1, -0.05) is 188 Å². The Balaban J connectivity index is 4.24. The molecule has 2 atom stereocenters. The number of carbonyl (C=O) groups is 1. The van der Waals surface area contributed by atoms with Gasteiger partial charge in [-0.15, -0.1) is 0 Å². The van der Waals surface area contributed by atoms with E-state index in [1.807, 2.05) is 21.1 Å². The maximum atomic E-state index is 12.8. The summed E-state index contributed by atoms with van der Waals surface area (Å²) in [4.78, 5) is 25.2. The highest BCUT2D eigenvalue weighted by atomic mass is 31.2. The number of unbranched alkanes of at least 4 members (excludes halogenated alkanes) is 17.